The summed E-state index contributed by atoms with van der Waals surface area (Å²) in [4.78, 5) is 21.7. The number of fused-ring (bicyclic) bond motifs is 2. The van der Waals surface area contributed by atoms with Crippen LogP contribution < -0.4 is 0 Å². The zero-order valence-corrected chi connectivity index (χ0v) is 15.8. The second kappa shape index (κ2) is 7.42. The lowest BCUT2D eigenvalue weighted by atomic mass is 9.78. The van der Waals surface area contributed by atoms with Crippen LogP contribution in [0.1, 0.15) is 43.5 Å². The fourth-order valence-corrected chi connectivity index (χ4v) is 5.52. The molecular formula is C20H27N3OS. The second-order valence-corrected chi connectivity index (χ2v) is 8.66. The van der Waals surface area contributed by atoms with Gasteiger partial charge in [-0.25, -0.2) is 4.98 Å². The van der Waals surface area contributed by atoms with Crippen molar-refractivity contribution in [1.82, 2.24) is 14.8 Å². The van der Waals surface area contributed by atoms with Gasteiger partial charge in [-0.2, -0.15) is 0 Å². The fraction of sp³-hybridized carbons (Fsp3) is 0.600. The van der Waals surface area contributed by atoms with Gasteiger partial charge in [0.05, 0.1) is 23.3 Å². The van der Waals surface area contributed by atoms with Gasteiger partial charge in [0.15, 0.2) is 0 Å². The van der Waals surface area contributed by atoms with Crippen molar-refractivity contribution >= 4 is 27.5 Å². The number of hydrogen-bond donors (Lipinski definition) is 0. The summed E-state index contributed by atoms with van der Waals surface area (Å²) in [5.74, 6) is 1.05. The first-order valence-corrected chi connectivity index (χ1v) is 10.3. The van der Waals surface area contributed by atoms with Crippen LogP contribution in [0.3, 0.4) is 0 Å². The molecule has 1 amide bonds. The van der Waals surface area contributed by atoms with Crippen molar-refractivity contribution in [2.24, 2.45) is 5.92 Å². The molecule has 1 aliphatic heterocycles. The van der Waals surface area contributed by atoms with Crippen LogP contribution in [0.5, 0.6) is 0 Å². The van der Waals surface area contributed by atoms with Gasteiger partial charge in [-0.3, -0.25) is 9.69 Å². The van der Waals surface area contributed by atoms with Crippen LogP contribution in [0.25, 0.3) is 10.2 Å². The molecule has 2 atom stereocenters. The molecule has 1 saturated carbocycles. The number of nitrogens with zero attached hydrogens (tertiary/aromatic N) is 3. The highest BCUT2D eigenvalue weighted by Crippen LogP contribution is 2.35. The van der Waals surface area contributed by atoms with Crippen molar-refractivity contribution in [2.45, 2.75) is 51.1 Å². The number of amides is 1. The van der Waals surface area contributed by atoms with Crippen molar-refractivity contribution in [3.05, 3.63) is 29.3 Å². The van der Waals surface area contributed by atoms with Gasteiger partial charge in [-0.05, 0) is 50.3 Å². The standard InChI is InChI=1S/C20H27N3OS/c1-22(13-19-21-16-9-3-5-11-18(16)25-19)20(24)14-23-12-6-8-15-7-2-4-10-17(15)23/h3,5,9,11,15,17H,2,4,6-8,10,12-14H2,1H3/t15-,17-/m0/s1. The van der Waals surface area contributed by atoms with Crippen molar-refractivity contribution in [2.75, 3.05) is 20.1 Å². The normalized spacial score (nSPS) is 24.2. The van der Waals surface area contributed by atoms with Crippen LogP contribution in [0, 0.1) is 5.92 Å². The van der Waals surface area contributed by atoms with Gasteiger partial charge in [-0.15, -0.1) is 11.3 Å². The molecular weight excluding hydrogens is 330 g/mol. The summed E-state index contributed by atoms with van der Waals surface area (Å²) in [6.45, 7) is 2.27. The van der Waals surface area contributed by atoms with Crippen molar-refractivity contribution in [3.63, 3.8) is 0 Å². The molecule has 1 aromatic carbocycles. The van der Waals surface area contributed by atoms with E-state index in [9.17, 15) is 4.79 Å². The Morgan fingerprint density at radius 1 is 1.24 bits per heavy atom. The molecule has 2 fully saturated rings. The summed E-state index contributed by atoms with van der Waals surface area (Å²) in [7, 11) is 1.91. The summed E-state index contributed by atoms with van der Waals surface area (Å²) >= 11 is 1.69. The Morgan fingerprint density at radius 2 is 2.04 bits per heavy atom. The quantitative estimate of drug-likeness (QED) is 0.832. The van der Waals surface area contributed by atoms with Gasteiger partial charge in [0.2, 0.25) is 5.91 Å². The molecule has 0 bridgehead atoms. The SMILES string of the molecule is CN(Cc1nc2ccccc2s1)C(=O)CN1CCC[C@@H]2CCCC[C@@H]21. The van der Waals surface area contributed by atoms with Crippen LogP contribution in [0.15, 0.2) is 24.3 Å². The van der Waals surface area contributed by atoms with Gasteiger partial charge >= 0.3 is 0 Å². The molecule has 4 rings (SSSR count). The Morgan fingerprint density at radius 3 is 2.92 bits per heavy atom. The fourth-order valence-electron chi connectivity index (χ4n) is 4.50. The third-order valence-corrected chi connectivity index (χ3v) is 6.85. The topological polar surface area (TPSA) is 36.4 Å². The summed E-state index contributed by atoms with van der Waals surface area (Å²) in [6, 6.07) is 8.82. The summed E-state index contributed by atoms with van der Waals surface area (Å²) in [6.07, 6.45) is 7.94. The molecule has 5 heteroatoms. The lowest BCUT2D eigenvalue weighted by molar-refractivity contribution is -0.133. The zero-order chi connectivity index (χ0) is 17.2. The highest BCUT2D eigenvalue weighted by atomic mass is 32.1. The van der Waals surface area contributed by atoms with E-state index in [1.807, 2.05) is 30.1 Å². The van der Waals surface area contributed by atoms with E-state index in [0.29, 0.717) is 19.1 Å². The first-order chi connectivity index (χ1) is 12.2. The minimum atomic E-state index is 0.227. The van der Waals surface area contributed by atoms with Crippen LogP contribution in [0.2, 0.25) is 0 Å². The number of thiazole rings is 1. The third-order valence-electron chi connectivity index (χ3n) is 5.83. The number of para-hydroxylation sites is 1. The molecule has 134 valence electrons. The van der Waals surface area contributed by atoms with Gasteiger partial charge in [-0.1, -0.05) is 25.0 Å². The maximum absolute atomic E-state index is 12.8. The number of likely N-dealkylation sites (N-methyl/N-ethyl adjacent to an activating group) is 1. The number of carbonyl (C=O) groups is 1. The Kier molecular flexibility index (Phi) is 5.04. The molecule has 1 saturated heterocycles. The van der Waals surface area contributed by atoms with Crippen LogP contribution in [-0.2, 0) is 11.3 Å². The van der Waals surface area contributed by atoms with E-state index >= 15 is 0 Å². The minimum Gasteiger partial charge on any atom is -0.338 e. The van der Waals surface area contributed by atoms with Gasteiger partial charge in [0.25, 0.3) is 0 Å². The molecule has 1 aliphatic carbocycles. The molecule has 2 aliphatic rings. The van der Waals surface area contributed by atoms with Gasteiger partial charge in [0.1, 0.15) is 5.01 Å². The number of carbonyl (C=O) groups excluding carboxylic acids is 1. The zero-order valence-electron chi connectivity index (χ0n) is 15.0. The number of piperidine rings is 1. The third kappa shape index (κ3) is 3.72. The number of hydrogen-bond acceptors (Lipinski definition) is 4. The van der Waals surface area contributed by atoms with E-state index in [-0.39, 0.29) is 5.91 Å². The molecule has 0 N–H and O–H groups in total. The predicted molar refractivity (Wildman–Crippen MR) is 103 cm³/mol. The first-order valence-electron chi connectivity index (χ1n) is 9.53. The Bertz CT molecular complexity index is 708. The lowest BCUT2D eigenvalue weighted by Gasteiger charge is -2.44. The van der Waals surface area contributed by atoms with Crippen molar-refractivity contribution < 1.29 is 4.79 Å². The van der Waals surface area contributed by atoms with Crippen LogP contribution >= 0.6 is 11.3 Å². The van der Waals surface area contributed by atoms with Crippen LogP contribution in [0.4, 0.5) is 0 Å². The summed E-state index contributed by atoms with van der Waals surface area (Å²) in [5, 5.41) is 1.02. The van der Waals surface area contributed by atoms with Crippen molar-refractivity contribution in [1.29, 1.82) is 0 Å². The monoisotopic (exact) mass is 357 g/mol. The van der Waals surface area contributed by atoms with Crippen LogP contribution in [-0.4, -0.2) is 46.9 Å². The molecule has 2 aromatic rings. The maximum Gasteiger partial charge on any atom is 0.236 e. The minimum absolute atomic E-state index is 0.227. The summed E-state index contributed by atoms with van der Waals surface area (Å²) < 4.78 is 1.19. The van der Waals surface area contributed by atoms with E-state index in [1.165, 1.54) is 43.2 Å². The summed E-state index contributed by atoms with van der Waals surface area (Å²) in [5.41, 5.74) is 1.03. The average molecular weight is 358 g/mol. The molecule has 0 radical (unpaired) electrons. The number of likely N-dealkylation sites (tertiary alicyclic amines) is 1. The van der Waals surface area contributed by atoms with E-state index < -0.39 is 0 Å². The van der Waals surface area contributed by atoms with Gasteiger partial charge in [0, 0.05) is 13.1 Å². The largest absolute Gasteiger partial charge is 0.338 e. The molecule has 25 heavy (non-hydrogen) atoms. The first kappa shape index (κ1) is 17.0. The highest BCUT2D eigenvalue weighted by Gasteiger charge is 2.34. The molecule has 4 nitrogen and oxygen atoms in total. The number of aromatic nitrogens is 1. The van der Waals surface area contributed by atoms with E-state index in [0.717, 1.165) is 23.0 Å². The predicted octanol–water partition coefficient (Wildman–Crippen LogP) is 3.91. The smallest absolute Gasteiger partial charge is 0.236 e. The molecule has 1 aromatic heterocycles. The Hall–Kier alpha value is -1.46. The lowest BCUT2D eigenvalue weighted by Crippen LogP contribution is -2.50. The Labute approximate surface area is 153 Å². The maximum atomic E-state index is 12.8. The van der Waals surface area contributed by atoms with E-state index in [1.54, 1.807) is 11.3 Å². The molecule has 0 unspecified atom stereocenters. The van der Waals surface area contributed by atoms with Crippen molar-refractivity contribution in [3.8, 4) is 0 Å². The Balaban J connectivity index is 1.38. The van der Waals surface area contributed by atoms with E-state index in [2.05, 4.69) is 16.0 Å². The number of rotatable bonds is 4. The molecule has 0 spiro atoms. The molecule has 2 heterocycles. The number of benzene rings is 1. The highest BCUT2D eigenvalue weighted by molar-refractivity contribution is 7.18. The van der Waals surface area contributed by atoms with Gasteiger partial charge < -0.3 is 4.90 Å². The average Bonchev–Trinajstić information content (AvgIpc) is 3.04. The van der Waals surface area contributed by atoms with E-state index in [4.69, 9.17) is 0 Å². The second-order valence-electron chi connectivity index (χ2n) is 7.55.